The lowest BCUT2D eigenvalue weighted by atomic mass is 9.90. The summed E-state index contributed by atoms with van der Waals surface area (Å²) >= 11 is 0. The van der Waals surface area contributed by atoms with E-state index in [0.717, 1.165) is 32.4 Å². The number of anilines is 1. The molecule has 0 aromatic heterocycles. The van der Waals surface area contributed by atoms with Crippen LogP contribution in [-0.4, -0.2) is 43.7 Å². The van der Waals surface area contributed by atoms with Crippen molar-refractivity contribution < 1.29 is 24.0 Å². The van der Waals surface area contributed by atoms with Gasteiger partial charge in [0.1, 0.15) is 0 Å². The van der Waals surface area contributed by atoms with Crippen molar-refractivity contribution in [2.75, 3.05) is 31.7 Å². The summed E-state index contributed by atoms with van der Waals surface area (Å²) in [6, 6.07) is 14.5. The molecule has 1 heterocycles. The zero-order valence-electron chi connectivity index (χ0n) is 16.8. The van der Waals surface area contributed by atoms with E-state index in [1.165, 1.54) is 24.8 Å². The quantitative estimate of drug-likeness (QED) is 0.390. The van der Waals surface area contributed by atoms with Gasteiger partial charge in [0.05, 0.1) is 23.3 Å². The highest BCUT2D eigenvalue weighted by atomic mass is 16.6. The highest BCUT2D eigenvalue weighted by Gasteiger charge is 2.26. The molecule has 0 saturated carbocycles. The lowest BCUT2D eigenvalue weighted by Crippen LogP contribution is -2.35. The Labute approximate surface area is 174 Å². The van der Waals surface area contributed by atoms with Crippen LogP contribution in [-0.2, 0) is 20.7 Å². The van der Waals surface area contributed by atoms with Gasteiger partial charge >= 0.3 is 11.9 Å². The Hall–Kier alpha value is -3.42. The van der Waals surface area contributed by atoms with Crippen molar-refractivity contribution in [3.8, 4) is 0 Å². The van der Waals surface area contributed by atoms with E-state index in [0.29, 0.717) is 11.6 Å². The molecule has 0 atom stereocenters. The summed E-state index contributed by atoms with van der Waals surface area (Å²) in [5.41, 5.74) is 1.75. The number of nitro benzene ring substituents is 1. The maximum Gasteiger partial charge on any atom is 0.344 e. The lowest BCUT2D eigenvalue weighted by Gasteiger charge is -2.34. The summed E-state index contributed by atoms with van der Waals surface area (Å²) in [6.45, 7) is 0.913. The van der Waals surface area contributed by atoms with E-state index in [1.54, 1.807) is 6.07 Å². The number of hydrogen-bond donors (Lipinski definition) is 0. The molecule has 1 aliphatic rings. The minimum Gasteiger partial charge on any atom is -0.466 e. The Morgan fingerprint density at radius 3 is 2.47 bits per heavy atom. The van der Waals surface area contributed by atoms with Gasteiger partial charge in [-0.05, 0) is 36.8 Å². The predicted molar refractivity (Wildman–Crippen MR) is 110 cm³/mol. The largest absolute Gasteiger partial charge is 0.466 e. The number of hydrogen-bond acceptors (Lipinski definition) is 7. The van der Waals surface area contributed by atoms with Gasteiger partial charge in [-0.3, -0.25) is 10.1 Å². The van der Waals surface area contributed by atoms with Crippen molar-refractivity contribution in [2.45, 2.75) is 19.3 Å². The van der Waals surface area contributed by atoms with E-state index < -0.39 is 23.5 Å². The van der Waals surface area contributed by atoms with Crippen LogP contribution in [0.5, 0.6) is 0 Å². The van der Waals surface area contributed by atoms with Crippen LogP contribution >= 0.6 is 0 Å². The summed E-state index contributed by atoms with van der Waals surface area (Å²) in [5.74, 6) is -0.945. The molecule has 30 heavy (non-hydrogen) atoms. The number of benzene rings is 2. The summed E-state index contributed by atoms with van der Waals surface area (Å²) in [5, 5.41) is 11.2. The third-order valence-corrected chi connectivity index (χ3v) is 5.28. The van der Waals surface area contributed by atoms with E-state index in [1.807, 2.05) is 23.1 Å². The second kappa shape index (κ2) is 9.87. The van der Waals surface area contributed by atoms with Gasteiger partial charge in [-0.15, -0.1) is 0 Å². The molecule has 0 N–H and O–H groups in total. The average molecular weight is 412 g/mol. The lowest BCUT2D eigenvalue weighted by molar-refractivity contribution is -0.384. The molecular weight excluding hydrogens is 388 g/mol. The third kappa shape index (κ3) is 5.34. The number of esters is 2. The van der Waals surface area contributed by atoms with Gasteiger partial charge in [0, 0.05) is 25.2 Å². The first kappa shape index (κ1) is 21.3. The van der Waals surface area contributed by atoms with Gasteiger partial charge in [0.25, 0.3) is 5.69 Å². The smallest absolute Gasteiger partial charge is 0.344 e. The molecule has 0 spiro atoms. The number of nitro groups is 1. The first-order valence-corrected chi connectivity index (χ1v) is 9.79. The first-order chi connectivity index (χ1) is 14.5. The van der Waals surface area contributed by atoms with E-state index in [4.69, 9.17) is 4.74 Å². The third-order valence-electron chi connectivity index (χ3n) is 5.28. The normalized spacial score (nSPS) is 14.2. The van der Waals surface area contributed by atoms with Crippen LogP contribution < -0.4 is 4.90 Å². The van der Waals surface area contributed by atoms with Gasteiger partial charge in [0.2, 0.25) is 0 Å². The summed E-state index contributed by atoms with van der Waals surface area (Å²) in [6.07, 6.45) is 2.90. The summed E-state index contributed by atoms with van der Waals surface area (Å²) in [7, 11) is 1.19. The molecule has 0 amide bonds. The second-order valence-corrected chi connectivity index (χ2v) is 7.23. The standard InChI is InChI=1S/C22H24N2O6/c1-29-21(25)15-30-22(26)19-14-18(24(27)28)7-8-20(19)23-11-9-17(10-12-23)13-16-5-3-2-4-6-16/h2-8,14,17H,9-13,15H2,1H3. The number of carbonyl (C=O) groups excluding carboxylic acids is 2. The molecule has 1 saturated heterocycles. The van der Waals surface area contributed by atoms with Crippen molar-refractivity contribution >= 4 is 23.3 Å². The molecule has 0 aliphatic carbocycles. The molecule has 0 radical (unpaired) electrons. The SMILES string of the molecule is COC(=O)COC(=O)c1cc([N+](=O)[O-])ccc1N1CCC(Cc2ccccc2)CC1. The Balaban J connectivity index is 1.72. The molecule has 0 unspecified atom stereocenters. The number of non-ortho nitro benzene ring substituents is 1. The van der Waals surface area contributed by atoms with Crippen molar-refractivity contribution in [1.82, 2.24) is 0 Å². The Morgan fingerprint density at radius 2 is 1.83 bits per heavy atom. The van der Waals surface area contributed by atoms with Crippen LogP contribution in [0.15, 0.2) is 48.5 Å². The Morgan fingerprint density at radius 1 is 1.13 bits per heavy atom. The number of ether oxygens (including phenoxy) is 2. The molecule has 2 aromatic rings. The zero-order valence-corrected chi connectivity index (χ0v) is 16.8. The molecule has 0 bridgehead atoms. The zero-order chi connectivity index (χ0) is 21.5. The Kier molecular flexibility index (Phi) is 7.00. The predicted octanol–water partition coefficient (Wildman–Crippen LogP) is 3.38. The van der Waals surface area contributed by atoms with Crippen molar-refractivity contribution in [2.24, 2.45) is 5.92 Å². The summed E-state index contributed by atoms with van der Waals surface area (Å²) in [4.78, 5) is 36.4. The van der Waals surface area contributed by atoms with Crippen molar-refractivity contribution in [3.63, 3.8) is 0 Å². The van der Waals surface area contributed by atoms with Crippen LogP contribution in [0, 0.1) is 16.0 Å². The molecule has 158 valence electrons. The molecule has 3 rings (SSSR count). The highest BCUT2D eigenvalue weighted by Crippen LogP contribution is 2.31. The minimum atomic E-state index is -0.787. The second-order valence-electron chi connectivity index (χ2n) is 7.23. The van der Waals surface area contributed by atoms with Crippen LogP contribution in [0.3, 0.4) is 0 Å². The number of nitrogens with zero attached hydrogens (tertiary/aromatic N) is 2. The molecule has 8 heteroatoms. The van der Waals surface area contributed by atoms with Crippen LogP contribution in [0.25, 0.3) is 0 Å². The van der Waals surface area contributed by atoms with E-state index in [-0.39, 0.29) is 11.3 Å². The van der Waals surface area contributed by atoms with E-state index >= 15 is 0 Å². The first-order valence-electron chi connectivity index (χ1n) is 9.79. The highest BCUT2D eigenvalue weighted by molar-refractivity contribution is 5.97. The Bertz CT molecular complexity index is 907. The monoisotopic (exact) mass is 412 g/mol. The number of carbonyl (C=O) groups is 2. The van der Waals surface area contributed by atoms with Gasteiger partial charge < -0.3 is 14.4 Å². The maximum absolute atomic E-state index is 12.5. The molecule has 1 fully saturated rings. The van der Waals surface area contributed by atoms with Crippen LogP contribution in [0.2, 0.25) is 0 Å². The molecule has 8 nitrogen and oxygen atoms in total. The fraction of sp³-hybridized carbons (Fsp3) is 0.364. The van der Waals surface area contributed by atoms with Gasteiger partial charge in [0.15, 0.2) is 6.61 Å². The summed E-state index contributed by atoms with van der Waals surface area (Å²) < 4.78 is 9.46. The van der Waals surface area contributed by atoms with Crippen molar-refractivity contribution in [1.29, 1.82) is 0 Å². The number of piperidine rings is 1. The average Bonchev–Trinajstić information content (AvgIpc) is 2.78. The number of rotatable bonds is 7. The topological polar surface area (TPSA) is 99.0 Å². The minimum absolute atomic E-state index is 0.0783. The van der Waals surface area contributed by atoms with Crippen molar-refractivity contribution in [3.05, 3.63) is 69.8 Å². The van der Waals surface area contributed by atoms with Gasteiger partial charge in [-0.2, -0.15) is 0 Å². The fourth-order valence-corrected chi connectivity index (χ4v) is 3.66. The van der Waals surface area contributed by atoms with Crippen LogP contribution in [0.1, 0.15) is 28.8 Å². The van der Waals surface area contributed by atoms with E-state index in [2.05, 4.69) is 16.9 Å². The molecule has 1 aliphatic heterocycles. The molecule has 2 aromatic carbocycles. The van der Waals surface area contributed by atoms with Crippen LogP contribution in [0.4, 0.5) is 11.4 Å². The van der Waals surface area contributed by atoms with E-state index in [9.17, 15) is 19.7 Å². The number of methoxy groups -OCH3 is 1. The maximum atomic E-state index is 12.5. The fourth-order valence-electron chi connectivity index (χ4n) is 3.66. The van der Waals surface area contributed by atoms with Gasteiger partial charge in [-0.25, -0.2) is 9.59 Å². The van der Waals surface area contributed by atoms with Gasteiger partial charge in [-0.1, -0.05) is 30.3 Å². The molecular formula is C22H24N2O6.